The first kappa shape index (κ1) is 11.7. The molecule has 1 aromatic rings. The third kappa shape index (κ3) is 1.43. The molecule has 0 amide bonds. The molecule has 0 saturated heterocycles. The van der Waals surface area contributed by atoms with Crippen molar-refractivity contribution in [2.45, 2.75) is 51.2 Å². The van der Waals surface area contributed by atoms with Gasteiger partial charge in [0.25, 0.3) is 8.32 Å². The number of hydrogen-bond acceptors (Lipinski definition) is 1. The lowest BCUT2D eigenvalue weighted by atomic mass is 10.1. The number of hydrogen-bond donors (Lipinski definition) is 0. The van der Waals surface area contributed by atoms with Gasteiger partial charge >= 0.3 is 0 Å². The van der Waals surface area contributed by atoms with E-state index in [1.54, 1.807) is 0 Å². The monoisotopic (exact) mass is 234 g/mol. The molecular weight excluding hydrogens is 212 g/mol. The van der Waals surface area contributed by atoms with Crippen molar-refractivity contribution >= 4 is 8.32 Å². The molecule has 1 unspecified atom stereocenters. The molecule has 1 aliphatic heterocycles. The second kappa shape index (κ2) is 3.92. The molecule has 0 saturated carbocycles. The fraction of sp³-hybridized carbons (Fsp3) is 0.571. The Kier molecular flexibility index (Phi) is 2.87. The summed E-state index contributed by atoms with van der Waals surface area (Å²) in [5.74, 6) is 1.14. The summed E-state index contributed by atoms with van der Waals surface area (Å²) in [6, 6.07) is 8.57. The average molecular weight is 234 g/mol. The van der Waals surface area contributed by atoms with Gasteiger partial charge in [-0.25, -0.2) is 0 Å². The van der Waals surface area contributed by atoms with Gasteiger partial charge in [0.05, 0.1) is 0 Å². The van der Waals surface area contributed by atoms with E-state index in [9.17, 15) is 0 Å². The van der Waals surface area contributed by atoms with Gasteiger partial charge in [-0.05, 0) is 22.7 Å². The Hall–Kier alpha value is -0.763. The van der Waals surface area contributed by atoms with Gasteiger partial charge in [0.1, 0.15) is 5.75 Å². The Morgan fingerprint density at radius 2 is 1.62 bits per heavy atom. The Morgan fingerprint density at radius 1 is 1.06 bits per heavy atom. The largest absolute Gasteiger partial charge is 0.542 e. The highest BCUT2D eigenvalue weighted by atomic mass is 28.4. The van der Waals surface area contributed by atoms with Gasteiger partial charge < -0.3 is 4.43 Å². The molecule has 0 N–H and O–H groups in total. The normalized spacial score (nSPS) is 22.3. The second-order valence-corrected chi connectivity index (χ2v) is 10.6. The zero-order chi connectivity index (χ0) is 11.9. The molecule has 1 heterocycles. The maximum atomic E-state index is 6.47. The third-order valence-corrected chi connectivity index (χ3v) is 10.0. The SMILES string of the molecule is CC(C)[Si]1(C(C)C)Oc2ccccc2C1C. The predicted molar refractivity (Wildman–Crippen MR) is 71.4 cm³/mol. The first-order valence-electron chi connectivity index (χ1n) is 6.28. The van der Waals surface area contributed by atoms with Crippen LogP contribution in [0.15, 0.2) is 24.3 Å². The molecule has 0 radical (unpaired) electrons. The van der Waals surface area contributed by atoms with E-state index in [0.29, 0.717) is 16.6 Å². The third-order valence-electron chi connectivity index (χ3n) is 4.15. The second-order valence-electron chi connectivity index (χ2n) is 5.52. The molecule has 0 fully saturated rings. The van der Waals surface area contributed by atoms with E-state index in [1.807, 2.05) is 0 Å². The summed E-state index contributed by atoms with van der Waals surface area (Å²) >= 11 is 0. The van der Waals surface area contributed by atoms with E-state index in [-0.39, 0.29) is 0 Å². The molecule has 1 atom stereocenters. The summed E-state index contributed by atoms with van der Waals surface area (Å²) in [4.78, 5) is 0. The molecule has 1 nitrogen and oxygen atoms in total. The Morgan fingerprint density at radius 3 is 2.12 bits per heavy atom. The van der Waals surface area contributed by atoms with Crippen molar-refractivity contribution in [1.82, 2.24) is 0 Å². The van der Waals surface area contributed by atoms with E-state index in [4.69, 9.17) is 4.43 Å². The maximum Gasteiger partial charge on any atom is 0.263 e. The zero-order valence-corrected chi connectivity index (χ0v) is 11.9. The minimum absolute atomic E-state index is 0.615. The van der Waals surface area contributed by atoms with Crippen molar-refractivity contribution in [2.24, 2.45) is 0 Å². The van der Waals surface area contributed by atoms with Crippen LogP contribution in [-0.2, 0) is 0 Å². The summed E-state index contributed by atoms with van der Waals surface area (Å²) in [6.07, 6.45) is 0. The van der Waals surface area contributed by atoms with E-state index in [0.717, 1.165) is 5.75 Å². The van der Waals surface area contributed by atoms with Crippen molar-refractivity contribution in [3.63, 3.8) is 0 Å². The first-order chi connectivity index (χ1) is 7.50. The van der Waals surface area contributed by atoms with Crippen molar-refractivity contribution < 1.29 is 4.43 Å². The van der Waals surface area contributed by atoms with Gasteiger partial charge in [0.2, 0.25) is 0 Å². The molecule has 16 heavy (non-hydrogen) atoms. The molecule has 1 aromatic carbocycles. The van der Waals surface area contributed by atoms with Crippen LogP contribution >= 0.6 is 0 Å². The van der Waals surface area contributed by atoms with Crippen LogP contribution in [-0.4, -0.2) is 8.32 Å². The van der Waals surface area contributed by atoms with Crippen molar-refractivity contribution in [2.75, 3.05) is 0 Å². The maximum absolute atomic E-state index is 6.47. The topological polar surface area (TPSA) is 9.23 Å². The summed E-state index contributed by atoms with van der Waals surface area (Å²) < 4.78 is 6.47. The minimum atomic E-state index is -1.70. The van der Waals surface area contributed by atoms with Gasteiger partial charge in [-0.3, -0.25) is 0 Å². The number of benzene rings is 1. The van der Waals surface area contributed by atoms with Gasteiger partial charge in [0, 0.05) is 5.54 Å². The van der Waals surface area contributed by atoms with Crippen LogP contribution in [0.3, 0.4) is 0 Å². The highest BCUT2D eigenvalue weighted by Gasteiger charge is 2.53. The lowest BCUT2D eigenvalue weighted by Crippen LogP contribution is -2.49. The van der Waals surface area contributed by atoms with E-state index < -0.39 is 8.32 Å². The standard InChI is InChI=1S/C14H22OSi/c1-10(2)16(11(3)4)12(5)13-8-6-7-9-14(13)15-16/h6-12H,1-5H3. The Labute approximate surface area is 100.0 Å². The average Bonchev–Trinajstić information content (AvgIpc) is 2.54. The zero-order valence-electron chi connectivity index (χ0n) is 10.9. The smallest absolute Gasteiger partial charge is 0.263 e. The van der Waals surface area contributed by atoms with Crippen LogP contribution in [0.4, 0.5) is 0 Å². The predicted octanol–water partition coefficient (Wildman–Crippen LogP) is 4.49. The van der Waals surface area contributed by atoms with Crippen molar-refractivity contribution in [1.29, 1.82) is 0 Å². The molecule has 0 spiro atoms. The molecule has 0 bridgehead atoms. The molecule has 0 aliphatic carbocycles. The molecule has 88 valence electrons. The van der Waals surface area contributed by atoms with Crippen LogP contribution < -0.4 is 4.43 Å². The van der Waals surface area contributed by atoms with Gasteiger partial charge in [0.15, 0.2) is 0 Å². The minimum Gasteiger partial charge on any atom is -0.542 e. The van der Waals surface area contributed by atoms with E-state index in [2.05, 4.69) is 58.9 Å². The molecule has 0 aromatic heterocycles. The lowest BCUT2D eigenvalue weighted by molar-refractivity contribution is 0.513. The van der Waals surface area contributed by atoms with Crippen molar-refractivity contribution in [3.05, 3.63) is 29.8 Å². The van der Waals surface area contributed by atoms with Crippen LogP contribution in [0.25, 0.3) is 0 Å². The Bertz CT molecular complexity index is 376. The first-order valence-corrected chi connectivity index (χ1v) is 8.42. The summed E-state index contributed by atoms with van der Waals surface area (Å²) in [5.41, 5.74) is 3.37. The highest BCUT2D eigenvalue weighted by Crippen LogP contribution is 2.51. The van der Waals surface area contributed by atoms with E-state index in [1.165, 1.54) is 5.56 Å². The fourth-order valence-corrected chi connectivity index (χ4v) is 8.63. The van der Waals surface area contributed by atoms with Crippen LogP contribution in [0.5, 0.6) is 5.75 Å². The van der Waals surface area contributed by atoms with E-state index >= 15 is 0 Å². The Balaban J connectivity index is 2.49. The van der Waals surface area contributed by atoms with Gasteiger partial charge in [-0.1, -0.05) is 52.8 Å². The van der Waals surface area contributed by atoms with Gasteiger partial charge in [-0.2, -0.15) is 0 Å². The molecular formula is C14H22OSi. The molecule has 2 rings (SSSR count). The van der Waals surface area contributed by atoms with Crippen LogP contribution in [0.2, 0.25) is 11.1 Å². The fourth-order valence-electron chi connectivity index (χ4n) is 3.36. The highest BCUT2D eigenvalue weighted by molar-refractivity contribution is 6.79. The van der Waals surface area contributed by atoms with Crippen molar-refractivity contribution in [3.8, 4) is 5.75 Å². The quantitative estimate of drug-likeness (QED) is 0.685. The number of rotatable bonds is 2. The van der Waals surface area contributed by atoms with Crippen LogP contribution in [0.1, 0.15) is 45.7 Å². The van der Waals surface area contributed by atoms with Crippen LogP contribution in [0, 0.1) is 0 Å². The molecule has 2 heteroatoms. The molecule has 1 aliphatic rings. The summed E-state index contributed by atoms with van der Waals surface area (Å²) in [5, 5.41) is 0. The summed E-state index contributed by atoms with van der Waals surface area (Å²) in [7, 11) is -1.70. The number of para-hydroxylation sites is 1. The number of fused-ring (bicyclic) bond motifs is 1. The van der Waals surface area contributed by atoms with Gasteiger partial charge in [-0.15, -0.1) is 0 Å². The summed E-state index contributed by atoms with van der Waals surface area (Å²) in [6.45, 7) is 11.7. The lowest BCUT2D eigenvalue weighted by Gasteiger charge is -2.37.